The maximum absolute atomic E-state index is 12.7. The van der Waals surface area contributed by atoms with E-state index in [-0.39, 0.29) is 17.5 Å². The molecule has 1 aliphatic heterocycles. The van der Waals surface area contributed by atoms with E-state index in [4.69, 9.17) is 5.73 Å². The number of likely N-dealkylation sites (tertiary alicyclic amines) is 1. The van der Waals surface area contributed by atoms with E-state index in [1.54, 1.807) is 0 Å². The average molecular weight is 246 g/mol. The number of nitrogens with two attached hydrogens (primary N) is 1. The van der Waals surface area contributed by atoms with Gasteiger partial charge in [0.05, 0.1) is 5.54 Å². The third-order valence-electron chi connectivity index (χ3n) is 4.14. The largest absolute Gasteiger partial charge is 0.332 e. The summed E-state index contributed by atoms with van der Waals surface area (Å²) in [6, 6.07) is 6.07. The molecule has 98 valence electrons. The molecule has 1 aliphatic rings. The molecule has 3 heteroatoms. The van der Waals surface area contributed by atoms with Gasteiger partial charge in [-0.15, -0.1) is 0 Å². The number of amides is 1. The van der Waals surface area contributed by atoms with Gasteiger partial charge in [-0.25, -0.2) is 0 Å². The summed E-state index contributed by atoms with van der Waals surface area (Å²) in [5.74, 6) is 0.106. The van der Waals surface area contributed by atoms with Crippen molar-refractivity contribution in [3.8, 4) is 0 Å². The summed E-state index contributed by atoms with van der Waals surface area (Å²) in [5, 5.41) is 0. The molecule has 0 aromatic heterocycles. The van der Waals surface area contributed by atoms with Crippen LogP contribution in [0.1, 0.15) is 41.8 Å². The summed E-state index contributed by atoms with van der Waals surface area (Å²) in [6.07, 6.45) is 0.879. The Bertz CT molecular complexity index is 479. The van der Waals surface area contributed by atoms with Crippen LogP contribution in [0.3, 0.4) is 0 Å². The number of carbonyl (C=O) groups excluding carboxylic acids is 1. The standard InChI is InChI=1S/C15H22N2O/c1-10-5-6-11(2)12(9-10)14(18)17-8-7-13(16)15(17,3)4/h5-6,9,13H,7-8,16H2,1-4H3. The zero-order valence-electron chi connectivity index (χ0n) is 11.7. The molecule has 1 fully saturated rings. The van der Waals surface area contributed by atoms with E-state index in [0.717, 1.165) is 29.7 Å². The van der Waals surface area contributed by atoms with Crippen LogP contribution < -0.4 is 5.73 Å². The monoisotopic (exact) mass is 246 g/mol. The number of hydrogen-bond acceptors (Lipinski definition) is 2. The fraction of sp³-hybridized carbons (Fsp3) is 0.533. The third kappa shape index (κ3) is 2.03. The van der Waals surface area contributed by atoms with Crippen molar-refractivity contribution < 1.29 is 4.79 Å². The van der Waals surface area contributed by atoms with Crippen LogP contribution in [0, 0.1) is 13.8 Å². The molecule has 1 heterocycles. The van der Waals surface area contributed by atoms with Gasteiger partial charge in [0.2, 0.25) is 0 Å². The van der Waals surface area contributed by atoms with Gasteiger partial charge in [-0.2, -0.15) is 0 Å². The van der Waals surface area contributed by atoms with Crippen molar-refractivity contribution in [2.45, 2.75) is 45.7 Å². The maximum Gasteiger partial charge on any atom is 0.254 e. The van der Waals surface area contributed by atoms with Gasteiger partial charge in [-0.05, 0) is 45.7 Å². The van der Waals surface area contributed by atoms with Crippen LogP contribution in [0.4, 0.5) is 0 Å². The highest BCUT2D eigenvalue weighted by atomic mass is 16.2. The summed E-state index contributed by atoms with van der Waals surface area (Å²) >= 11 is 0. The van der Waals surface area contributed by atoms with E-state index in [2.05, 4.69) is 0 Å². The molecule has 1 aromatic carbocycles. The van der Waals surface area contributed by atoms with Gasteiger partial charge < -0.3 is 10.6 Å². The normalized spacial score (nSPS) is 22.3. The lowest BCUT2D eigenvalue weighted by Gasteiger charge is -2.34. The van der Waals surface area contributed by atoms with E-state index in [1.165, 1.54) is 0 Å². The zero-order chi connectivity index (χ0) is 13.5. The molecule has 0 radical (unpaired) electrons. The van der Waals surface area contributed by atoms with Crippen LogP contribution in [0.25, 0.3) is 0 Å². The molecule has 1 aromatic rings. The van der Waals surface area contributed by atoms with Gasteiger partial charge in [0.1, 0.15) is 0 Å². The second-order valence-electron chi connectivity index (χ2n) is 5.82. The van der Waals surface area contributed by atoms with E-state index < -0.39 is 0 Å². The Hall–Kier alpha value is -1.35. The van der Waals surface area contributed by atoms with Crippen molar-refractivity contribution in [1.82, 2.24) is 4.90 Å². The van der Waals surface area contributed by atoms with Crippen LogP contribution in [-0.4, -0.2) is 28.9 Å². The van der Waals surface area contributed by atoms with Gasteiger partial charge in [-0.3, -0.25) is 4.79 Å². The Labute approximate surface area is 109 Å². The minimum absolute atomic E-state index is 0.0616. The summed E-state index contributed by atoms with van der Waals surface area (Å²) in [5.41, 5.74) is 8.78. The number of rotatable bonds is 1. The van der Waals surface area contributed by atoms with Gasteiger partial charge in [0.15, 0.2) is 0 Å². The minimum atomic E-state index is -0.257. The van der Waals surface area contributed by atoms with Crippen molar-refractivity contribution in [2.24, 2.45) is 5.73 Å². The molecule has 3 nitrogen and oxygen atoms in total. The maximum atomic E-state index is 12.7. The van der Waals surface area contributed by atoms with Crippen molar-refractivity contribution in [2.75, 3.05) is 6.54 Å². The Balaban J connectivity index is 2.35. The number of hydrogen-bond donors (Lipinski definition) is 1. The molecule has 0 bridgehead atoms. The third-order valence-corrected chi connectivity index (χ3v) is 4.14. The second kappa shape index (κ2) is 4.39. The quantitative estimate of drug-likeness (QED) is 0.826. The predicted molar refractivity (Wildman–Crippen MR) is 73.6 cm³/mol. The van der Waals surface area contributed by atoms with Crippen LogP contribution in [0.5, 0.6) is 0 Å². The van der Waals surface area contributed by atoms with Gasteiger partial charge in [-0.1, -0.05) is 17.7 Å². The molecule has 0 spiro atoms. The van der Waals surface area contributed by atoms with E-state index >= 15 is 0 Å². The average Bonchev–Trinajstić information content (AvgIpc) is 2.57. The molecule has 1 saturated heterocycles. The lowest BCUT2D eigenvalue weighted by atomic mass is 9.95. The van der Waals surface area contributed by atoms with Gasteiger partial charge >= 0.3 is 0 Å². The first-order valence-corrected chi connectivity index (χ1v) is 6.49. The molecule has 1 atom stereocenters. The molecule has 0 saturated carbocycles. The van der Waals surface area contributed by atoms with Crippen molar-refractivity contribution in [1.29, 1.82) is 0 Å². The summed E-state index contributed by atoms with van der Waals surface area (Å²) < 4.78 is 0. The number of aryl methyl sites for hydroxylation is 2. The number of nitrogens with zero attached hydrogens (tertiary/aromatic N) is 1. The highest BCUT2D eigenvalue weighted by Gasteiger charge is 2.42. The lowest BCUT2D eigenvalue weighted by molar-refractivity contribution is 0.0636. The molecular weight excluding hydrogens is 224 g/mol. The van der Waals surface area contributed by atoms with Crippen LogP contribution >= 0.6 is 0 Å². The smallest absolute Gasteiger partial charge is 0.254 e. The van der Waals surface area contributed by atoms with Crippen molar-refractivity contribution >= 4 is 5.91 Å². The highest BCUT2D eigenvalue weighted by Crippen LogP contribution is 2.29. The van der Waals surface area contributed by atoms with Crippen molar-refractivity contribution in [3.63, 3.8) is 0 Å². The lowest BCUT2D eigenvalue weighted by Crippen LogP contribution is -2.51. The highest BCUT2D eigenvalue weighted by molar-refractivity contribution is 5.96. The second-order valence-corrected chi connectivity index (χ2v) is 5.82. The molecule has 1 amide bonds. The van der Waals surface area contributed by atoms with Crippen LogP contribution in [-0.2, 0) is 0 Å². The van der Waals surface area contributed by atoms with E-state index in [0.29, 0.717) is 0 Å². The number of carbonyl (C=O) groups is 1. The first-order chi connectivity index (χ1) is 8.34. The zero-order valence-corrected chi connectivity index (χ0v) is 11.7. The first-order valence-electron chi connectivity index (χ1n) is 6.49. The first kappa shape index (κ1) is 13.1. The molecule has 2 rings (SSSR count). The SMILES string of the molecule is Cc1ccc(C)c(C(=O)N2CCC(N)C2(C)C)c1. The summed E-state index contributed by atoms with van der Waals surface area (Å²) in [4.78, 5) is 14.6. The molecule has 18 heavy (non-hydrogen) atoms. The summed E-state index contributed by atoms with van der Waals surface area (Å²) in [6.45, 7) is 8.84. The van der Waals surface area contributed by atoms with E-state index in [9.17, 15) is 4.79 Å². The van der Waals surface area contributed by atoms with E-state index in [1.807, 2.05) is 50.8 Å². The Kier molecular flexibility index (Phi) is 3.20. The fourth-order valence-corrected chi connectivity index (χ4v) is 2.58. The Morgan fingerprint density at radius 3 is 2.61 bits per heavy atom. The van der Waals surface area contributed by atoms with Crippen molar-refractivity contribution in [3.05, 3.63) is 34.9 Å². The fourth-order valence-electron chi connectivity index (χ4n) is 2.58. The molecule has 1 unspecified atom stereocenters. The van der Waals surface area contributed by atoms with Gasteiger partial charge in [0, 0.05) is 18.2 Å². The van der Waals surface area contributed by atoms with Crippen LogP contribution in [0.2, 0.25) is 0 Å². The molecule has 2 N–H and O–H groups in total. The number of benzene rings is 1. The predicted octanol–water partition coefficient (Wildman–Crippen LogP) is 2.26. The summed E-state index contributed by atoms with van der Waals surface area (Å²) in [7, 11) is 0. The molecule has 0 aliphatic carbocycles. The van der Waals surface area contributed by atoms with Crippen LogP contribution in [0.15, 0.2) is 18.2 Å². The Morgan fingerprint density at radius 1 is 1.39 bits per heavy atom. The Morgan fingerprint density at radius 2 is 2.06 bits per heavy atom. The minimum Gasteiger partial charge on any atom is -0.332 e. The molecular formula is C15H22N2O. The van der Waals surface area contributed by atoms with Gasteiger partial charge in [0.25, 0.3) is 5.91 Å². The topological polar surface area (TPSA) is 46.3 Å².